The van der Waals surface area contributed by atoms with E-state index in [1.807, 2.05) is 0 Å². The highest BCUT2D eigenvalue weighted by Crippen LogP contribution is 2.56. The SMILES string of the molecule is N[C@@]1(C(=O)O)CS(=O)(=O)[C@H]2[C@@H](C(=O)O)[C@H]21. The molecule has 0 radical (unpaired) electrons. The van der Waals surface area contributed by atoms with Crippen LogP contribution in [0.3, 0.4) is 0 Å². The van der Waals surface area contributed by atoms with Gasteiger partial charge in [-0.05, 0) is 0 Å². The molecule has 0 bridgehead atoms. The topological polar surface area (TPSA) is 135 Å². The summed E-state index contributed by atoms with van der Waals surface area (Å²) >= 11 is 0. The summed E-state index contributed by atoms with van der Waals surface area (Å²) in [6.07, 6.45) is 0. The smallest absolute Gasteiger partial charge is 0.325 e. The number of rotatable bonds is 2. The molecule has 15 heavy (non-hydrogen) atoms. The zero-order valence-electron chi connectivity index (χ0n) is 7.45. The first-order valence-electron chi connectivity index (χ1n) is 4.18. The number of carboxylic acids is 2. The van der Waals surface area contributed by atoms with E-state index in [-0.39, 0.29) is 0 Å². The van der Waals surface area contributed by atoms with E-state index < -0.39 is 50.2 Å². The van der Waals surface area contributed by atoms with Gasteiger partial charge in [0.1, 0.15) is 5.54 Å². The van der Waals surface area contributed by atoms with E-state index in [1.54, 1.807) is 0 Å². The van der Waals surface area contributed by atoms with E-state index >= 15 is 0 Å². The van der Waals surface area contributed by atoms with Gasteiger partial charge in [0.15, 0.2) is 9.84 Å². The van der Waals surface area contributed by atoms with E-state index in [4.69, 9.17) is 15.9 Å². The van der Waals surface area contributed by atoms with Crippen molar-refractivity contribution < 1.29 is 28.2 Å². The Labute approximate surface area is 84.8 Å². The number of hydrogen-bond donors (Lipinski definition) is 3. The third-order valence-corrected chi connectivity index (χ3v) is 5.38. The quantitative estimate of drug-likeness (QED) is 0.498. The van der Waals surface area contributed by atoms with Crippen molar-refractivity contribution in [1.29, 1.82) is 0 Å². The minimum absolute atomic E-state index is 0.672. The van der Waals surface area contributed by atoms with Crippen molar-refractivity contribution in [3.63, 3.8) is 0 Å². The van der Waals surface area contributed by atoms with Crippen molar-refractivity contribution in [2.45, 2.75) is 10.8 Å². The zero-order valence-corrected chi connectivity index (χ0v) is 8.27. The van der Waals surface area contributed by atoms with Gasteiger partial charge in [-0.25, -0.2) is 8.42 Å². The van der Waals surface area contributed by atoms with Gasteiger partial charge in [-0.15, -0.1) is 0 Å². The van der Waals surface area contributed by atoms with E-state index in [1.165, 1.54) is 0 Å². The summed E-state index contributed by atoms with van der Waals surface area (Å²) in [5.74, 6) is -5.58. The fraction of sp³-hybridized carbons (Fsp3) is 0.714. The first-order chi connectivity index (χ1) is 6.72. The number of aliphatic carboxylic acids is 2. The highest BCUT2D eigenvalue weighted by Gasteiger charge is 2.77. The molecule has 0 aromatic rings. The van der Waals surface area contributed by atoms with Crippen molar-refractivity contribution in [2.75, 3.05) is 5.75 Å². The van der Waals surface area contributed by atoms with Crippen molar-refractivity contribution in [1.82, 2.24) is 0 Å². The summed E-state index contributed by atoms with van der Waals surface area (Å²) in [6, 6.07) is 0. The van der Waals surface area contributed by atoms with Crippen LogP contribution in [0, 0.1) is 11.8 Å². The fourth-order valence-corrected chi connectivity index (χ4v) is 5.04. The van der Waals surface area contributed by atoms with Crippen LogP contribution in [0.4, 0.5) is 0 Å². The van der Waals surface area contributed by atoms with Crippen LogP contribution in [0.2, 0.25) is 0 Å². The summed E-state index contributed by atoms with van der Waals surface area (Å²) in [5.41, 5.74) is 3.51. The third-order valence-electron chi connectivity index (χ3n) is 3.09. The molecule has 0 aromatic heterocycles. The van der Waals surface area contributed by atoms with Gasteiger partial charge in [0.25, 0.3) is 0 Å². The summed E-state index contributed by atoms with van der Waals surface area (Å²) < 4.78 is 22.9. The molecule has 0 unspecified atom stereocenters. The van der Waals surface area contributed by atoms with Crippen LogP contribution in [0.25, 0.3) is 0 Å². The van der Waals surface area contributed by atoms with Crippen LogP contribution in [0.15, 0.2) is 0 Å². The molecule has 0 spiro atoms. The Morgan fingerprint density at radius 3 is 2.20 bits per heavy atom. The van der Waals surface area contributed by atoms with Crippen LogP contribution >= 0.6 is 0 Å². The lowest BCUT2D eigenvalue weighted by Crippen LogP contribution is -2.53. The van der Waals surface area contributed by atoms with Gasteiger partial charge in [0.05, 0.1) is 16.9 Å². The zero-order chi connectivity index (χ0) is 11.6. The van der Waals surface area contributed by atoms with Gasteiger partial charge in [-0.1, -0.05) is 0 Å². The molecule has 84 valence electrons. The summed E-state index contributed by atoms with van der Waals surface area (Å²) in [7, 11) is -3.68. The van der Waals surface area contributed by atoms with Crippen LogP contribution < -0.4 is 5.73 Å². The molecule has 0 amide bonds. The third kappa shape index (κ3) is 1.11. The van der Waals surface area contributed by atoms with Gasteiger partial charge in [0.2, 0.25) is 0 Å². The molecule has 4 atom stereocenters. The van der Waals surface area contributed by atoms with Gasteiger partial charge in [-0.2, -0.15) is 0 Å². The lowest BCUT2D eigenvalue weighted by atomic mass is 9.96. The Bertz CT molecular complexity index is 456. The molecule has 1 aliphatic heterocycles. The maximum atomic E-state index is 11.4. The molecule has 1 saturated heterocycles. The van der Waals surface area contributed by atoms with E-state index in [2.05, 4.69) is 0 Å². The standard InChI is InChI=1S/C7H9NO6S/c8-7(6(11)12)1-15(13,14)4-2(3(4)7)5(9)10/h2-4H,1,8H2,(H,9,10)(H,11,12)/t2-,3+,4-,7-/m0/s1. The number of carboxylic acid groups (broad SMARTS) is 2. The predicted octanol–water partition coefficient (Wildman–Crippen LogP) is -2.10. The molecular weight excluding hydrogens is 226 g/mol. The highest BCUT2D eigenvalue weighted by atomic mass is 32.2. The Kier molecular flexibility index (Phi) is 1.73. The average Bonchev–Trinajstić information content (AvgIpc) is 2.72. The second-order valence-corrected chi connectivity index (χ2v) is 6.17. The second-order valence-electron chi connectivity index (χ2n) is 4.01. The van der Waals surface area contributed by atoms with Crippen molar-refractivity contribution >= 4 is 21.8 Å². The number of sulfone groups is 1. The average molecular weight is 235 g/mol. The first-order valence-corrected chi connectivity index (χ1v) is 5.90. The van der Waals surface area contributed by atoms with Crippen molar-refractivity contribution in [3.8, 4) is 0 Å². The van der Waals surface area contributed by atoms with Crippen LogP contribution in [0.5, 0.6) is 0 Å². The lowest BCUT2D eigenvalue weighted by molar-refractivity contribution is -0.144. The Morgan fingerprint density at radius 1 is 1.33 bits per heavy atom. The lowest BCUT2D eigenvalue weighted by Gasteiger charge is -2.19. The van der Waals surface area contributed by atoms with E-state index in [0.717, 1.165) is 0 Å². The molecule has 8 heteroatoms. The van der Waals surface area contributed by atoms with Crippen LogP contribution in [-0.4, -0.2) is 47.1 Å². The van der Waals surface area contributed by atoms with Crippen molar-refractivity contribution in [3.05, 3.63) is 0 Å². The van der Waals surface area contributed by atoms with Gasteiger partial charge >= 0.3 is 11.9 Å². The first kappa shape index (κ1) is 10.4. The van der Waals surface area contributed by atoms with E-state index in [9.17, 15) is 18.0 Å². The van der Waals surface area contributed by atoms with Crippen molar-refractivity contribution in [2.24, 2.45) is 17.6 Å². The molecule has 4 N–H and O–H groups in total. The molecule has 1 saturated carbocycles. The molecule has 7 nitrogen and oxygen atoms in total. The number of nitrogens with two attached hydrogens (primary N) is 1. The number of fused-ring (bicyclic) bond motifs is 1. The van der Waals surface area contributed by atoms with Crippen LogP contribution in [-0.2, 0) is 19.4 Å². The summed E-state index contributed by atoms with van der Waals surface area (Å²) in [5, 5.41) is 16.4. The van der Waals surface area contributed by atoms with Gasteiger partial charge in [0, 0.05) is 5.92 Å². The molecule has 2 aliphatic rings. The van der Waals surface area contributed by atoms with Crippen LogP contribution in [0.1, 0.15) is 0 Å². The minimum atomic E-state index is -3.68. The van der Waals surface area contributed by atoms with Gasteiger partial charge < -0.3 is 15.9 Å². The maximum Gasteiger partial charge on any atom is 0.325 e. The summed E-state index contributed by atoms with van der Waals surface area (Å²) in [6.45, 7) is 0. The molecule has 1 aliphatic carbocycles. The monoisotopic (exact) mass is 235 g/mol. The fourth-order valence-electron chi connectivity index (χ4n) is 2.37. The van der Waals surface area contributed by atoms with E-state index in [0.29, 0.717) is 0 Å². The Hall–Kier alpha value is -1.15. The number of carbonyl (C=O) groups is 2. The molecule has 1 heterocycles. The normalized spacial score (nSPS) is 45.8. The summed E-state index contributed by atoms with van der Waals surface area (Å²) in [4.78, 5) is 21.5. The number of hydrogen-bond acceptors (Lipinski definition) is 5. The largest absolute Gasteiger partial charge is 0.481 e. The maximum absolute atomic E-state index is 11.4. The van der Waals surface area contributed by atoms with Gasteiger partial charge in [-0.3, -0.25) is 9.59 Å². The predicted molar refractivity (Wildman–Crippen MR) is 46.7 cm³/mol. The second kappa shape index (κ2) is 2.50. The highest BCUT2D eigenvalue weighted by molar-refractivity contribution is 7.92. The Balaban J connectivity index is 2.44. The minimum Gasteiger partial charge on any atom is -0.481 e. The Morgan fingerprint density at radius 2 is 1.87 bits per heavy atom. The molecular formula is C7H9NO6S. The molecule has 0 aromatic carbocycles. The molecule has 2 fully saturated rings. The molecule has 2 rings (SSSR count).